The van der Waals surface area contributed by atoms with Crippen molar-refractivity contribution in [1.29, 1.82) is 0 Å². The summed E-state index contributed by atoms with van der Waals surface area (Å²) < 4.78 is 0. The third-order valence-electron chi connectivity index (χ3n) is 3.31. The van der Waals surface area contributed by atoms with Gasteiger partial charge in [0.15, 0.2) is 0 Å². The van der Waals surface area contributed by atoms with E-state index in [9.17, 15) is 9.59 Å². The summed E-state index contributed by atoms with van der Waals surface area (Å²) >= 11 is 0. The van der Waals surface area contributed by atoms with Crippen molar-refractivity contribution in [3.8, 4) is 0 Å². The number of primary amides is 1. The fourth-order valence-electron chi connectivity index (χ4n) is 2.25. The molecule has 1 heterocycles. The summed E-state index contributed by atoms with van der Waals surface area (Å²) in [5.74, 6) is 0.0368. The molecule has 0 radical (unpaired) electrons. The molecule has 3 N–H and O–H groups in total. The number of piperidine rings is 1. The van der Waals surface area contributed by atoms with E-state index in [-0.39, 0.29) is 23.1 Å². The smallest absolute Gasteiger partial charge is 0.223 e. The van der Waals surface area contributed by atoms with Gasteiger partial charge in [0.05, 0.1) is 5.41 Å². The molecule has 2 aliphatic rings. The third kappa shape index (κ3) is 1.30. The van der Waals surface area contributed by atoms with Crippen molar-refractivity contribution >= 4 is 11.8 Å². The first-order valence-corrected chi connectivity index (χ1v) is 4.72. The van der Waals surface area contributed by atoms with Gasteiger partial charge in [0.25, 0.3) is 0 Å². The second-order valence-electron chi connectivity index (χ2n) is 4.06. The Labute approximate surface area is 76.9 Å². The van der Waals surface area contributed by atoms with Crippen LogP contribution < -0.4 is 11.1 Å². The van der Waals surface area contributed by atoms with Gasteiger partial charge in [-0.3, -0.25) is 9.59 Å². The number of rotatable bonds is 2. The second-order valence-corrected chi connectivity index (χ2v) is 4.06. The predicted octanol–water partition coefficient (Wildman–Crippen LogP) is -0.222. The Kier molecular flexibility index (Phi) is 1.78. The summed E-state index contributed by atoms with van der Waals surface area (Å²) in [6, 6.07) is 0. The van der Waals surface area contributed by atoms with Crippen LogP contribution in [-0.2, 0) is 9.59 Å². The summed E-state index contributed by atoms with van der Waals surface area (Å²) in [5.41, 5.74) is 5.02. The fraction of sp³-hybridized carbons (Fsp3) is 0.778. The monoisotopic (exact) mass is 182 g/mol. The lowest BCUT2D eigenvalue weighted by molar-refractivity contribution is -0.129. The molecule has 1 saturated carbocycles. The first-order valence-electron chi connectivity index (χ1n) is 4.72. The van der Waals surface area contributed by atoms with Gasteiger partial charge < -0.3 is 11.1 Å². The molecule has 0 spiro atoms. The molecule has 1 aliphatic carbocycles. The Hall–Kier alpha value is -1.06. The topological polar surface area (TPSA) is 72.2 Å². The molecule has 0 aromatic heterocycles. The third-order valence-corrected chi connectivity index (χ3v) is 3.31. The Balaban J connectivity index is 2.07. The molecule has 13 heavy (non-hydrogen) atoms. The van der Waals surface area contributed by atoms with Gasteiger partial charge >= 0.3 is 0 Å². The molecule has 2 rings (SSSR count). The number of hydrogen-bond donors (Lipinski definition) is 2. The molecule has 4 nitrogen and oxygen atoms in total. The minimum atomic E-state index is -0.322. The van der Waals surface area contributed by atoms with Crippen LogP contribution in [0.2, 0.25) is 0 Å². The lowest BCUT2D eigenvalue weighted by Crippen LogP contribution is -2.41. The first kappa shape index (κ1) is 8.53. The molecule has 0 bridgehead atoms. The van der Waals surface area contributed by atoms with Gasteiger partial charge in [0, 0.05) is 13.0 Å². The molecule has 1 saturated heterocycles. The number of amides is 2. The number of nitrogens with one attached hydrogen (secondary N) is 1. The fourth-order valence-corrected chi connectivity index (χ4v) is 2.25. The van der Waals surface area contributed by atoms with Crippen LogP contribution in [0.4, 0.5) is 0 Å². The summed E-state index contributed by atoms with van der Waals surface area (Å²) in [7, 11) is 0. The molecular formula is C9H14N2O2. The standard InChI is InChI=1S/C9H14N2O2/c10-8(13)9(2-3-9)6-1-4-11-7(12)5-6/h6H,1-5H2,(H2,10,13)(H,11,12). The van der Waals surface area contributed by atoms with Crippen LogP contribution in [0.15, 0.2) is 0 Å². The largest absolute Gasteiger partial charge is 0.369 e. The van der Waals surface area contributed by atoms with Crippen LogP contribution in [0.1, 0.15) is 25.7 Å². The minimum Gasteiger partial charge on any atom is -0.369 e. The summed E-state index contributed by atoms with van der Waals surface area (Å²) in [6.07, 6.45) is 3.12. The molecule has 2 amide bonds. The summed E-state index contributed by atoms with van der Waals surface area (Å²) in [5, 5.41) is 2.76. The minimum absolute atomic E-state index is 0.0591. The normalized spacial score (nSPS) is 30.8. The van der Waals surface area contributed by atoms with Crippen LogP contribution >= 0.6 is 0 Å². The Morgan fingerprint density at radius 1 is 1.54 bits per heavy atom. The lowest BCUT2D eigenvalue weighted by atomic mass is 9.81. The maximum absolute atomic E-state index is 11.2. The van der Waals surface area contributed by atoms with Crippen molar-refractivity contribution in [3.63, 3.8) is 0 Å². The first-order chi connectivity index (χ1) is 6.15. The van der Waals surface area contributed by atoms with E-state index in [0.717, 1.165) is 19.3 Å². The highest BCUT2D eigenvalue weighted by molar-refractivity contribution is 5.85. The number of carbonyl (C=O) groups is 2. The van der Waals surface area contributed by atoms with Crippen molar-refractivity contribution in [2.24, 2.45) is 17.1 Å². The number of hydrogen-bond acceptors (Lipinski definition) is 2. The summed E-state index contributed by atoms with van der Waals surface area (Å²) in [6.45, 7) is 0.693. The van der Waals surface area contributed by atoms with Gasteiger partial charge in [-0.15, -0.1) is 0 Å². The van der Waals surface area contributed by atoms with Gasteiger partial charge in [-0.2, -0.15) is 0 Å². The molecule has 1 aliphatic heterocycles. The molecule has 2 fully saturated rings. The van der Waals surface area contributed by atoms with E-state index < -0.39 is 0 Å². The maximum Gasteiger partial charge on any atom is 0.223 e. The van der Waals surface area contributed by atoms with E-state index >= 15 is 0 Å². The number of carbonyl (C=O) groups excluding carboxylic acids is 2. The van der Waals surface area contributed by atoms with Gasteiger partial charge in [0.2, 0.25) is 11.8 Å². The molecule has 0 aromatic carbocycles. The van der Waals surface area contributed by atoms with Crippen molar-refractivity contribution in [2.45, 2.75) is 25.7 Å². The van der Waals surface area contributed by atoms with Crippen molar-refractivity contribution < 1.29 is 9.59 Å². The highest BCUT2D eigenvalue weighted by atomic mass is 16.2. The van der Waals surface area contributed by atoms with Crippen LogP contribution in [0.3, 0.4) is 0 Å². The van der Waals surface area contributed by atoms with Crippen molar-refractivity contribution in [2.75, 3.05) is 6.54 Å². The molecule has 0 aromatic rings. The summed E-state index contributed by atoms with van der Waals surface area (Å²) in [4.78, 5) is 22.3. The van der Waals surface area contributed by atoms with Gasteiger partial charge in [-0.25, -0.2) is 0 Å². The van der Waals surface area contributed by atoms with E-state index in [4.69, 9.17) is 5.73 Å². The van der Waals surface area contributed by atoms with Gasteiger partial charge in [0.1, 0.15) is 0 Å². The second kappa shape index (κ2) is 2.72. The lowest BCUT2D eigenvalue weighted by Gasteiger charge is -2.27. The van der Waals surface area contributed by atoms with E-state index in [1.165, 1.54) is 0 Å². The van der Waals surface area contributed by atoms with Crippen molar-refractivity contribution in [1.82, 2.24) is 5.32 Å². The zero-order chi connectivity index (χ0) is 9.47. The van der Waals surface area contributed by atoms with Gasteiger partial charge in [-0.05, 0) is 25.2 Å². The number of nitrogens with two attached hydrogens (primary N) is 1. The van der Waals surface area contributed by atoms with E-state index in [1.54, 1.807) is 0 Å². The van der Waals surface area contributed by atoms with E-state index in [0.29, 0.717) is 13.0 Å². The average molecular weight is 182 g/mol. The van der Waals surface area contributed by atoms with Crippen molar-refractivity contribution in [3.05, 3.63) is 0 Å². The zero-order valence-electron chi connectivity index (χ0n) is 7.51. The molecular weight excluding hydrogens is 168 g/mol. The Bertz CT molecular complexity index is 258. The molecule has 1 atom stereocenters. The zero-order valence-corrected chi connectivity index (χ0v) is 7.51. The van der Waals surface area contributed by atoms with Crippen LogP contribution in [0.5, 0.6) is 0 Å². The molecule has 4 heteroatoms. The highest BCUT2D eigenvalue weighted by Gasteiger charge is 2.54. The molecule has 72 valence electrons. The van der Waals surface area contributed by atoms with E-state index in [1.807, 2.05) is 0 Å². The average Bonchev–Trinajstić information content (AvgIpc) is 2.83. The van der Waals surface area contributed by atoms with Crippen LogP contribution in [0.25, 0.3) is 0 Å². The molecule has 1 unspecified atom stereocenters. The Morgan fingerprint density at radius 2 is 2.23 bits per heavy atom. The van der Waals surface area contributed by atoms with Crippen LogP contribution in [0, 0.1) is 11.3 Å². The highest BCUT2D eigenvalue weighted by Crippen LogP contribution is 2.54. The van der Waals surface area contributed by atoms with Gasteiger partial charge in [-0.1, -0.05) is 0 Å². The Morgan fingerprint density at radius 3 is 2.69 bits per heavy atom. The predicted molar refractivity (Wildman–Crippen MR) is 46.6 cm³/mol. The van der Waals surface area contributed by atoms with Crippen LogP contribution in [-0.4, -0.2) is 18.4 Å². The van der Waals surface area contributed by atoms with E-state index in [2.05, 4.69) is 5.32 Å². The maximum atomic E-state index is 11.2. The SMILES string of the molecule is NC(=O)C1(C2CCNC(=O)C2)CC1. The quantitative estimate of drug-likeness (QED) is 0.619.